The smallest absolute Gasteiger partial charge is 0.270 e. The van der Waals surface area contributed by atoms with Crippen LogP contribution in [0.1, 0.15) is 70.4 Å². The van der Waals surface area contributed by atoms with Crippen molar-refractivity contribution >= 4 is 22.7 Å². The van der Waals surface area contributed by atoms with Crippen LogP contribution in [0.2, 0.25) is 0 Å². The third kappa shape index (κ3) is 3.12. The summed E-state index contributed by atoms with van der Waals surface area (Å²) in [5.41, 5.74) is 4.98. The van der Waals surface area contributed by atoms with Crippen LogP contribution in [0.5, 0.6) is 0 Å². The number of H-pyrrole nitrogens is 1. The number of carbonyl (C=O) groups is 2. The fourth-order valence-corrected chi connectivity index (χ4v) is 5.04. The van der Waals surface area contributed by atoms with Gasteiger partial charge in [0, 0.05) is 41.2 Å². The molecule has 4 heterocycles. The Bertz CT molecular complexity index is 1200. The van der Waals surface area contributed by atoms with Gasteiger partial charge >= 0.3 is 0 Å². The number of carbonyl (C=O) groups excluding carboxylic acids is 2. The van der Waals surface area contributed by atoms with Crippen LogP contribution in [0.3, 0.4) is 0 Å². The number of nitrogens with one attached hydrogen (secondary N) is 2. The molecule has 1 aromatic carbocycles. The summed E-state index contributed by atoms with van der Waals surface area (Å²) >= 11 is 0. The van der Waals surface area contributed by atoms with Crippen molar-refractivity contribution in [1.29, 1.82) is 0 Å². The van der Waals surface area contributed by atoms with Gasteiger partial charge in [-0.3, -0.25) is 19.4 Å². The molecule has 2 aliphatic heterocycles. The molecule has 31 heavy (non-hydrogen) atoms. The first-order chi connectivity index (χ1) is 14.8. The molecule has 0 aliphatic carbocycles. The molecule has 0 saturated carbocycles. The van der Waals surface area contributed by atoms with Gasteiger partial charge in [-0.2, -0.15) is 10.2 Å². The van der Waals surface area contributed by atoms with E-state index in [4.69, 9.17) is 0 Å². The van der Waals surface area contributed by atoms with Crippen LogP contribution in [0.25, 0.3) is 10.9 Å². The van der Waals surface area contributed by atoms with Gasteiger partial charge in [-0.05, 0) is 64.7 Å². The van der Waals surface area contributed by atoms with Crippen LogP contribution < -0.4 is 5.32 Å². The maximum absolute atomic E-state index is 13.2. The molecule has 3 aromatic rings. The molecule has 8 heteroatoms. The molecule has 2 amide bonds. The Morgan fingerprint density at radius 1 is 1.19 bits per heavy atom. The number of rotatable bonds is 2. The van der Waals surface area contributed by atoms with E-state index in [1.165, 1.54) is 0 Å². The van der Waals surface area contributed by atoms with Crippen molar-refractivity contribution in [3.05, 3.63) is 46.4 Å². The normalized spacial score (nSPS) is 18.0. The second kappa shape index (κ2) is 6.93. The van der Waals surface area contributed by atoms with E-state index in [9.17, 15) is 9.59 Å². The SMILES string of the molecule is Cc1n[nH]c2c(C)cc(C(=O)N3CCC4(CC3)Cc3cnn(C(C)C)c3C(=O)N4)cc12. The summed E-state index contributed by atoms with van der Waals surface area (Å²) < 4.78 is 1.80. The number of benzene rings is 1. The zero-order valence-electron chi connectivity index (χ0n) is 18.5. The predicted octanol–water partition coefficient (Wildman–Crippen LogP) is 2.92. The summed E-state index contributed by atoms with van der Waals surface area (Å²) in [7, 11) is 0. The zero-order valence-corrected chi connectivity index (χ0v) is 18.5. The van der Waals surface area contributed by atoms with Crippen molar-refractivity contribution in [3.8, 4) is 0 Å². The maximum atomic E-state index is 13.2. The van der Waals surface area contributed by atoms with Crippen LogP contribution in [-0.2, 0) is 6.42 Å². The van der Waals surface area contributed by atoms with Gasteiger partial charge in [-0.1, -0.05) is 0 Å². The summed E-state index contributed by atoms with van der Waals surface area (Å²) in [6.07, 6.45) is 4.08. The molecule has 1 fully saturated rings. The Balaban J connectivity index is 1.34. The summed E-state index contributed by atoms with van der Waals surface area (Å²) in [4.78, 5) is 28.0. The molecule has 162 valence electrons. The van der Waals surface area contributed by atoms with E-state index < -0.39 is 0 Å². The molecular formula is C23H28N6O2. The molecule has 1 saturated heterocycles. The van der Waals surface area contributed by atoms with Gasteiger partial charge in [0.15, 0.2) is 0 Å². The van der Waals surface area contributed by atoms with E-state index >= 15 is 0 Å². The molecule has 5 rings (SSSR count). The third-order valence-electron chi connectivity index (χ3n) is 6.80. The minimum absolute atomic E-state index is 0.0379. The highest BCUT2D eigenvalue weighted by Gasteiger charge is 2.43. The second-order valence-electron chi connectivity index (χ2n) is 9.28. The lowest BCUT2D eigenvalue weighted by molar-refractivity contribution is 0.0603. The number of nitrogens with zero attached hydrogens (tertiary/aromatic N) is 4. The number of hydrogen-bond donors (Lipinski definition) is 2. The minimum atomic E-state index is -0.299. The predicted molar refractivity (Wildman–Crippen MR) is 117 cm³/mol. The average Bonchev–Trinajstić information content (AvgIpc) is 3.32. The number of likely N-dealkylation sites (tertiary alicyclic amines) is 1. The standard InChI is InChI=1S/C23H28N6O2/c1-13(2)29-20-17(12-24-29)11-23(25-21(20)30)5-7-28(8-6-23)22(31)16-9-14(3)19-18(10-16)15(4)26-27-19/h9-10,12-13H,5-8,11H2,1-4H3,(H,25,30)(H,26,27). The van der Waals surface area contributed by atoms with Crippen molar-refractivity contribution < 1.29 is 9.59 Å². The number of aryl methyl sites for hydroxylation is 2. The minimum Gasteiger partial charge on any atom is -0.345 e. The fourth-order valence-electron chi connectivity index (χ4n) is 5.04. The molecular weight excluding hydrogens is 392 g/mol. The van der Waals surface area contributed by atoms with Crippen LogP contribution in [0.4, 0.5) is 0 Å². The molecule has 1 spiro atoms. The second-order valence-corrected chi connectivity index (χ2v) is 9.28. The van der Waals surface area contributed by atoms with Crippen molar-refractivity contribution in [2.45, 2.75) is 58.5 Å². The quantitative estimate of drug-likeness (QED) is 0.666. The highest BCUT2D eigenvalue weighted by atomic mass is 16.2. The molecule has 2 N–H and O–H groups in total. The van der Waals surface area contributed by atoms with E-state index in [2.05, 4.69) is 20.6 Å². The Kier molecular flexibility index (Phi) is 4.42. The van der Waals surface area contributed by atoms with Gasteiger partial charge in [0.05, 0.1) is 17.4 Å². The van der Waals surface area contributed by atoms with E-state index in [0.29, 0.717) is 24.3 Å². The highest BCUT2D eigenvalue weighted by molar-refractivity contribution is 5.99. The lowest BCUT2D eigenvalue weighted by Crippen LogP contribution is -2.59. The molecule has 0 bridgehead atoms. The number of aromatic amines is 1. The number of aromatic nitrogens is 4. The van der Waals surface area contributed by atoms with Crippen molar-refractivity contribution in [2.75, 3.05) is 13.1 Å². The first-order valence-corrected chi connectivity index (χ1v) is 10.9. The largest absolute Gasteiger partial charge is 0.345 e. The highest BCUT2D eigenvalue weighted by Crippen LogP contribution is 2.33. The monoisotopic (exact) mass is 420 g/mol. The molecule has 2 aliphatic rings. The number of fused-ring (bicyclic) bond motifs is 2. The van der Waals surface area contributed by atoms with E-state index in [1.807, 2.05) is 50.9 Å². The van der Waals surface area contributed by atoms with Crippen molar-refractivity contribution in [2.24, 2.45) is 0 Å². The number of hydrogen-bond acceptors (Lipinski definition) is 4. The van der Waals surface area contributed by atoms with Crippen molar-refractivity contribution in [1.82, 2.24) is 30.2 Å². The van der Waals surface area contributed by atoms with Gasteiger partial charge in [-0.25, -0.2) is 0 Å². The first-order valence-electron chi connectivity index (χ1n) is 10.9. The lowest BCUT2D eigenvalue weighted by Gasteiger charge is -2.44. The number of piperidine rings is 1. The van der Waals surface area contributed by atoms with Gasteiger partial charge in [0.25, 0.3) is 11.8 Å². The summed E-state index contributed by atoms with van der Waals surface area (Å²) in [6, 6.07) is 4.01. The zero-order chi connectivity index (χ0) is 21.9. The summed E-state index contributed by atoms with van der Waals surface area (Å²) in [5, 5.41) is 16.0. The fraction of sp³-hybridized carbons (Fsp3) is 0.478. The molecule has 2 aromatic heterocycles. The topological polar surface area (TPSA) is 95.9 Å². The Morgan fingerprint density at radius 3 is 2.65 bits per heavy atom. The molecule has 0 unspecified atom stereocenters. The van der Waals surface area contributed by atoms with Crippen LogP contribution >= 0.6 is 0 Å². The third-order valence-corrected chi connectivity index (χ3v) is 6.80. The Hall–Kier alpha value is -3.16. The van der Waals surface area contributed by atoms with Crippen LogP contribution in [0.15, 0.2) is 18.3 Å². The molecule has 0 atom stereocenters. The summed E-state index contributed by atoms with van der Waals surface area (Å²) in [6.45, 7) is 9.23. The Labute approximate surface area is 181 Å². The maximum Gasteiger partial charge on any atom is 0.270 e. The van der Waals surface area contributed by atoms with E-state index in [0.717, 1.165) is 47.0 Å². The van der Waals surface area contributed by atoms with Gasteiger partial charge in [-0.15, -0.1) is 0 Å². The van der Waals surface area contributed by atoms with Crippen LogP contribution in [0, 0.1) is 13.8 Å². The van der Waals surface area contributed by atoms with Gasteiger partial charge in [0.1, 0.15) is 5.69 Å². The van der Waals surface area contributed by atoms with Gasteiger partial charge < -0.3 is 10.2 Å². The van der Waals surface area contributed by atoms with Crippen LogP contribution in [-0.4, -0.2) is 55.3 Å². The van der Waals surface area contributed by atoms with E-state index in [1.54, 1.807) is 4.68 Å². The first kappa shape index (κ1) is 19.8. The summed E-state index contributed by atoms with van der Waals surface area (Å²) in [5.74, 6) is -0.0142. The van der Waals surface area contributed by atoms with E-state index in [-0.39, 0.29) is 23.4 Å². The number of amides is 2. The molecule has 0 radical (unpaired) electrons. The Morgan fingerprint density at radius 2 is 1.94 bits per heavy atom. The average molecular weight is 421 g/mol. The molecule has 8 nitrogen and oxygen atoms in total. The lowest BCUT2D eigenvalue weighted by atomic mass is 9.79. The van der Waals surface area contributed by atoms with Crippen molar-refractivity contribution in [3.63, 3.8) is 0 Å². The van der Waals surface area contributed by atoms with Gasteiger partial charge in [0.2, 0.25) is 0 Å².